The first-order valence-corrected chi connectivity index (χ1v) is 15.2. The van der Waals surface area contributed by atoms with Gasteiger partial charge in [-0.2, -0.15) is 0 Å². The van der Waals surface area contributed by atoms with Gasteiger partial charge in [0.05, 0.1) is 0 Å². The Morgan fingerprint density at radius 3 is 2.21 bits per heavy atom. The molecule has 0 aromatic heterocycles. The van der Waals surface area contributed by atoms with Crippen LogP contribution in [0.3, 0.4) is 0 Å². The molecule has 2 rings (SSSR count). The third-order valence-electron chi connectivity index (χ3n) is 6.28. The number of amides is 2. The van der Waals surface area contributed by atoms with E-state index in [4.69, 9.17) is 4.74 Å². The summed E-state index contributed by atoms with van der Waals surface area (Å²) in [6.45, 7) is 4.24. The van der Waals surface area contributed by atoms with Crippen molar-refractivity contribution in [3.05, 3.63) is 71.8 Å². The molecule has 0 bridgehead atoms. The fourth-order valence-electron chi connectivity index (χ4n) is 4.20. The molecule has 0 aliphatic carbocycles. The quantitative estimate of drug-likeness (QED) is 0.141. The fourth-order valence-corrected chi connectivity index (χ4v) is 6.64. The zero-order chi connectivity index (χ0) is 27.8. The molecule has 38 heavy (non-hydrogen) atoms. The average Bonchev–Trinajstić information content (AvgIpc) is 2.91. The van der Waals surface area contributed by atoms with Crippen molar-refractivity contribution < 1.29 is 28.6 Å². The number of ether oxygens (including phenoxy) is 1. The van der Waals surface area contributed by atoms with Gasteiger partial charge < -0.3 is 25.1 Å². The first kappa shape index (κ1) is 31.3. The van der Waals surface area contributed by atoms with Gasteiger partial charge in [-0.3, -0.25) is 9.36 Å². The van der Waals surface area contributed by atoms with Crippen LogP contribution in [0.15, 0.2) is 60.7 Å². The Labute approximate surface area is 226 Å². The van der Waals surface area contributed by atoms with E-state index in [1.807, 2.05) is 60.7 Å². The molecular formula is C29H41N2O6P. The Bertz CT molecular complexity index is 1030. The number of aryl methyl sites for hydroxylation is 1. The summed E-state index contributed by atoms with van der Waals surface area (Å²) >= 11 is 0. The molecule has 8 nitrogen and oxygen atoms in total. The van der Waals surface area contributed by atoms with Crippen molar-refractivity contribution in [3.63, 3.8) is 0 Å². The number of aldehydes is 1. The molecule has 208 valence electrons. The topological polar surface area (TPSA) is 122 Å². The predicted octanol–water partition coefficient (Wildman–Crippen LogP) is 5.29. The Kier molecular flexibility index (Phi) is 13.8. The number of hydrogen-bond donors (Lipinski definition) is 3. The largest absolute Gasteiger partial charge is 0.445 e. The standard InChI is InChI=1S/C29H41N2O6P/c1-23(2)28(31-27(33)18-17-24-12-6-3-7-13-24)38(35,36)22-26(20-32)16-10-5-11-19-30-29(34)37-21-25-14-8-4-9-15-25/h3-4,6-9,12-15,20,23,26,28H,5,10-11,16-19,21-22H2,1-2H3,(H,30,34)(H,31,33)(H,35,36)/t26-,28+/m0/s1. The van der Waals surface area contributed by atoms with Crippen molar-refractivity contribution in [3.8, 4) is 0 Å². The molecule has 2 aromatic rings. The van der Waals surface area contributed by atoms with Gasteiger partial charge in [-0.15, -0.1) is 0 Å². The predicted molar refractivity (Wildman–Crippen MR) is 149 cm³/mol. The maximum Gasteiger partial charge on any atom is 0.407 e. The Morgan fingerprint density at radius 2 is 1.61 bits per heavy atom. The molecule has 0 heterocycles. The van der Waals surface area contributed by atoms with Crippen molar-refractivity contribution in [1.82, 2.24) is 10.6 Å². The van der Waals surface area contributed by atoms with Crippen LogP contribution in [-0.4, -0.2) is 41.7 Å². The molecule has 2 amide bonds. The molecule has 2 aromatic carbocycles. The maximum absolute atomic E-state index is 13.2. The van der Waals surface area contributed by atoms with Gasteiger partial charge in [0.25, 0.3) is 0 Å². The third-order valence-corrected chi connectivity index (χ3v) is 8.87. The second kappa shape index (κ2) is 16.8. The van der Waals surface area contributed by atoms with E-state index >= 15 is 0 Å². The van der Waals surface area contributed by atoms with Crippen LogP contribution in [0.2, 0.25) is 0 Å². The van der Waals surface area contributed by atoms with Crippen molar-refractivity contribution in [2.45, 2.75) is 64.8 Å². The summed E-state index contributed by atoms with van der Waals surface area (Å²) in [6, 6.07) is 19.0. The number of carbonyl (C=O) groups excluding carboxylic acids is 3. The lowest BCUT2D eigenvalue weighted by Gasteiger charge is -2.29. The number of rotatable bonds is 17. The van der Waals surface area contributed by atoms with Crippen molar-refractivity contribution in [2.24, 2.45) is 11.8 Å². The van der Waals surface area contributed by atoms with Gasteiger partial charge in [-0.05, 0) is 36.3 Å². The second-order valence-corrected chi connectivity index (χ2v) is 12.3. The van der Waals surface area contributed by atoms with E-state index in [1.165, 1.54) is 0 Å². The van der Waals surface area contributed by atoms with Gasteiger partial charge >= 0.3 is 6.09 Å². The van der Waals surface area contributed by atoms with E-state index in [0.29, 0.717) is 32.2 Å². The molecule has 0 spiro atoms. The number of carbonyl (C=O) groups is 3. The summed E-state index contributed by atoms with van der Waals surface area (Å²) in [4.78, 5) is 46.8. The minimum Gasteiger partial charge on any atom is -0.445 e. The highest BCUT2D eigenvalue weighted by Gasteiger charge is 2.36. The second-order valence-electron chi connectivity index (χ2n) is 9.91. The van der Waals surface area contributed by atoms with E-state index in [-0.39, 0.29) is 31.0 Å². The molecule has 3 atom stereocenters. The third kappa shape index (κ3) is 12.1. The summed E-state index contributed by atoms with van der Waals surface area (Å²) in [6.07, 6.45) is 3.46. The lowest BCUT2D eigenvalue weighted by atomic mass is 10.0. The van der Waals surface area contributed by atoms with Crippen molar-refractivity contribution in [2.75, 3.05) is 12.7 Å². The number of nitrogens with one attached hydrogen (secondary N) is 2. The molecule has 0 fully saturated rings. The van der Waals surface area contributed by atoms with Crippen LogP contribution in [0.5, 0.6) is 0 Å². The summed E-state index contributed by atoms with van der Waals surface area (Å²) in [5, 5.41) is 5.46. The van der Waals surface area contributed by atoms with Gasteiger partial charge in [0.1, 0.15) is 18.7 Å². The number of benzene rings is 2. The van der Waals surface area contributed by atoms with E-state index in [0.717, 1.165) is 23.8 Å². The normalized spacial score (nSPS) is 14.2. The van der Waals surface area contributed by atoms with Crippen LogP contribution in [0.25, 0.3) is 0 Å². The van der Waals surface area contributed by atoms with Crippen LogP contribution in [0, 0.1) is 11.8 Å². The molecule has 0 saturated carbocycles. The van der Waals surface area contributed by atoms with E-state index in [1.54, 1.807) is 13.8 Å². The number of alkyl carbamates (subject to hydrolysis) is 1. The molecule has 3 N–H and O–H groups in total. The van der Waals surface area contributed by atoms with Crippen molar-refractivity contribution >= 4 is 25.7 Å². The lowest BCUT2D eigenvalue weighted by molar-refractivity contribution is -0.121. The van der Waals surface area contributed by atoms with Gasteiger partial charge in [0.15, 0.2) is 0 Å². The first-order chi connectivity index (χ1) is 18.2. The van der Waals surface area contributed by atoms with Gasteiger partial charge in [0.2, 0.25) is 13.3 Å². The van der Waals surface area contributed by atoms with Crippen molar-refractivity contribution in [1.29, 1.82) is 0 Å². The number of hydrogen-bond acceptors (Lipinski definition) is 5. The summed E-state index contributed by atoms with van der Waals surface area (Å²) < 4.78 is 18.4. The molecule has 0 radical (unpaired) electrons. The van der Waals surface area contributed by atoms with Gasteiger partial charge in [-0.1, -0.05) is 87.4 Å². The molecular weight excluding hydrogens is 503 g/mol. The van der Waals surface area contributed by atoms with Crippen LogP contribution >= 0.6 is 7.37 Å². The molecule has 0 aliphatic rings. The fraction of sp³-hybridized carbons (Fsp3) is 0.483. The Balaban J connectivity index is 1.70. The highest BCUT2D eigenvalue weighted by atomic mass is 31.2. The monoisotopic (exact) mass is 544 g/mol. The average molecular weight is 545 g/mol. The Morgan fingerprint density at radius 1 is 0.974 bits per heavy atom. The molecule has 1 unspecified atom stereocenters. The first-order valence-electron chi connectivity index (χ1n) is 13.3. The summed E-state index contributed by atoms with van der Waals surface area (Å²) in [7, 11) is -3.83. The minimum atomic E-state index is -3.83. The van der Waals surface area contributed by atoms with Crippen LogP contribution in [-0.2, 0) is 31.9 Å². The molecule has 0 aliphatic heterocycles. The van der Waals surface area contributed by atoms with Gasteiger partial charge in [-0.25, -0.2) is 4.79 Å². The van der Waals surface area contributed by atoms with E-state index < -0.39 is 25.2 Å². The van der Waals surface area contributed by atoms with E-state index in [9.17, 15) is 23.8 Å². The van der Waals surface area contributed by atoms with E-state index in [2.05, 4.69) is 10.6 Å². The minimum absolute atomic E-state index is 0.164. The summed E-state index contributed by atoms with van der Waals surface area (Å²) in [5.41, 5.74) is 1.94. The smallest absolute Gasteiger partial charge is 0.407 e. The zero-order valence-electron chi connectivity index (χ0n) is 22.4. The molecule has 0 saturated heterocycles. The lowest BCUT2D eigenvalue weighted by Crippen LogP contribution is -2.39. The molecule has 9 heteroatoms. The zero-order valence-corrected chi connectivity index (χ0v) is 23.3. The number of unbranched alkanes of at least 4 members (excludes halogenated alkanes) is 2. The van der Waals surface area contributed by atoms with Crippen LogP contribution < -0.4 is 10.6 Å². The SMILES string of the molecule is CC(C)[C@H](NC(=O)CCc1ccccc1)P(=O)(O)C[C@H](C=O)CCCCCNC(=O)OCc1ccccc1. The van der Waals surface area contributed by atoms with Gasteiger partial charge in [0, 0.05) is 25.0 Å². The van der Waals surface area contributed by atoms with Crippen LogP contribution in [0.1, 0.15) is 57.1 Å². The van der Waals surface area contributed by atoms with Crippen LogP contribution in [0.4, 0.5) is 4.79 Å². The Hall–Kier alpha value is -2.96. The summed E-state index contributed by atoms with van der Waals surface area (Å²) in [5.74, 6) is -2.01. The highest BCUT2D eigenvalue weighted by Crippen LogP contribution is 2.49. The highest BCUT2D eigenvalue weighted by molar-refractivity contribution is 7.58. The maximum atomic E-state index is 13.2.